The number of halogens is 1. The monoisotopic (exact) mass is 207 g/mol. The molecule has 0 radical (unpaired) electrons. The molecule has 2 atom stereocenters. The Hall–Kier alpha value is -0.890. The fraction of sp³-hybridized carbons (Fsp3) is 0.538. The van der Waals surface area contributed by atoms with E-state index in [9.17, 15) is 4.39 Å². The van der Waals surface area contributed by atoms with Crippen molar-refractivity contribution in [2.24, 2.45) is 0 Å². The lowest BCUT2D eigenvalue weighted by molar-refractivity contribution is 0.535. The van der Waals surface area contributed by atoms with Crippen molar-refractivity contribution < 1.29 is 4.39 Å². The Kier molecular flexibility index (Phi) is 3.37. The maximum absolute atomic E-state index is 12.8. The normalized spacial score (nSPS) is 25.7. The molecule has 15 heavy (non-hydrogen) atoms. The first-order chi connectivity index (χ1) is 7.29. The lowest BCUT2D eigenvalue weighted by Crippen LogP contribution is -2.25. The Morgan fingerprint density at radius 1 is 1.27 bits per heavy atom. The Bertz CT molecular complexity index is 307. The minimum absolute atomic E-state index is 0.139. The highest BCUT2D eigenvalue weighted by atomic mass is 19.1. The van der Waals surface area contributed by atoms with E-state index in [-0.39, 0.29) is 5.82 Å². The summed E-state index contributed by atoms with van der Waals surface area (Å²) >= 11 is 0. The van der Waals surface area contributed by atoms with Crippen molar-refractivity contribution in [1.82, 2.24) is 5.32 Å². The number of rotatable bonds is 3. The van der Waals surface area contributed by atoms with E-state index in [2.05, 4.69) is 12.2 Å². The quantitative estimate of drug-likeness (QED) is 0.803. The average Bonchev–Trinajstić information content (AvgIpc) is 2.68. The predicted octanol–water partition coefficient (Wildman–Crippen LogP) is 3.07. The van der Waals surface area contributed by atoms with E-state index in [1.165, 1.54) is 24.8 Å². The molecule has 0 aromatic heterocycles. The van der Waals surface area contributed by atoms with E-state index in [0.29, 0.717) is 12.0 Å². The fourth-order valence-electron chi connectivity index (χ4n) is 2.49. The van der Waals surface area contributed by atoms with Crippen LogP contribution in [0.4, 0.5) is 4.39 Å². The lowest BCUT2D eigenvalue weighted by atomic mass is 9.97. The second-order valence-corrected chi connectivity index (χ2v) is 4.32. The van der Waals surface area contributed by atoms with Gasteiger partial charge in [0.15, 0.2) is 0 Å². The molecule has 0 bridgehead atoms. The maximum atomic E-state index is 12.8. The van der Waals surface area contributed by atoms with Gasteiger partial charge in [0.2, 0.25) is 0 Å². The zero-order valence-electron chi connectivity index (χ0n) is 9.17. The summed E-state index contributed by atoms with van der Waals surface area (Å²) in [5, 5.41) is 3.48. The summed E-state index contributed by atoms with van der Waals surface area (Å²) in [6, 6.07) is 7.64. The lowest BCUT2D eigenvalue weighted by Gasteiger charge is -2.12. The number of hydrogen-bond acceptors (Lipinski definition) is 1. The van der Waals surface area contributed by atoms with Crippen molar-refractivity contribution in [3.05, 3.63) is 35.6 Å². The summed E-state index contributed by atoms with van der Waals surface area (Å²) in [6.45, 7) is 3.19. The van der Waals surface area contributed by atoms with E-state index in [1.807, 2.05) is 12.1 Å². The van der Waals surface area contributed by atoms with Gasteiger partial charge in [0, 0.05) is 6.04 Å². The van der Waals surface area contributed by atoms with Crippen LogP contribution in [0, 0.1) is 5.82 Å². The van der Waals surface area contributed by atoms with Crippen LogP contribution in [-0.2, 0) is 0 Å². The smallest absolute Gasteiger partial charge is 0.123 e. The van der Waals surface area contributed by atoms with Gasteiger partial charge in [-0.25, -0.2) is 4.39 Å². The van der Waals surface area contributed by atoms with Gasteiger partial charge in [-0.05, 0) is 49.4 Å². The molecule has 0 saturated heterocycles. The molecule has 1 nitrogen and oxygen atoms in total. The molecular formula is C13H18FN. The van der Waals surface area contributed by atoms with Crippen LogP contribution in [0.25, 0.3) is 0 Å². The van der Waals surface area contributed by atoms with Crippen LogP contribution in [0.2, 0.25) is 0 Å². The van der Waals surface area contributed by atoms with Gasteiger partial charge in [-0.15, -0.1) is 0 Å². The molecule has 1 N–H and O–H groups in total. The predicted molar refractivity (Wildman–Crippen MR) is 60.5 cm³/mol. The van der Waals surface area contributed by atoms with Crippen molar-refractivity contribution in [3.8, 4) is 0 Å². The molecule has 2 heteroatoms. The molecule has 1 aromatic carbocycles. The number of nitrogens with one attached hydrogen (secondary N) is 1. The first kappa shape index (κ1) is 10.6. The van der Waals surface area contributed by atoms with Gasteiger partial charge in [0.25, 0.3) is 0 Å². The Morgan fingerprint density at radius 3 is 2.67 bits per heavy atom. The first-order valence-corrected chi connectivity index (χ1v) is 5.78. The van der Waals surface area contributed by atoms with Gasteiger partial charge in [-0.3, -0.25) is 0 Å². The Labute approximate surface area is 90.7 Å². The molecule has 1 saturated carbocycles. The summed E-state index contributed by atoms with van der Waals surface area (Å²) in [5.41, 5.74) is 1.29. The zero-order valence-corrected chi connectivity index (χ0v) is 9.17. The molecular weight excluding hydrogens is 189 g/mol. The van der Waals surface area contributed by atoms with Crippen LogP contribution < -0.4 is 5.32 Å². The standard InChI is InChI=1S/C13H18FN/c1-2-15-13-8-5-11(9-13)10-3-6-12(14)7-4-10/h3-4,6-7,11,13,15H,2,5,8-9H2,1H3. The van der Waals surface area contributed by atoms with E-state index in [4.69, 9.17) is 0 Å². The first-order valence-electron chi connectivity index (χ1n) is 5.78. The van der Waals surface area contributed by atoms with Crippen LogP contribution >= 0.6 is 0 Å². The zero-order chi connectivity index (χ0) is 10.7. The van der Waals surface area contributed by atoms with E-state index in [1.54, 1.807) is 12.1 Å². The van der Waals surface area contributed by atoms with Gasteiger partial charge >= 0.3 is 0 Å². The highest BCUT2D eigenvalue weighted by molar-refractivity contribution is 5.21. The van der Waals surface area contributed by atoms with Gasteiger partial charge in [-0.1, -0.05) is 19.1 Å². The second kappa shape index (κ2) is 4.75. The Morgan fingerprint density at radius 2 is 2.00 bits per heavy atom. The molecule has 1 aliphatic carbocycles. The fourth-order valence-corrected chi connectivity index (χ4v) is 2.49. The summed E-state index contributed by atoms with van der Waals surface area (Å²) in [6.07, 6.45) is 3.67. The van der Waals surface area contributed by atoms with Crippen LogP contribution in [0.5, 0.6) is 0 Å². The third-order valence-corrected chi connectivity index (χ3v) is 3.27. The molecule has 0 spiro atoms. The van der Waals surface area contributed by atoms with Crippen molar-refractivity contribution in [1.29, 1.82) is 0 Å². The summed E-state index contributed by atoms with van der Waals surface area (Å²) in [7, 11) is 0. The van der Waals surface area contributed by atoms with Gasteiger partial charge in [0.1, 0.15) is 5.82 Å². The van der Waals surface area contributed by atoms with Crippen LogP contribution in [0.3, 0.4) is 0 Å². The topological polar surface area (TPSA) is 12.0 Å². The summed E-state index contributed by atoms with van der Waals surface area (Å²) in [5.74, 6) is 0.481. The second-order valence-electron chi connectivity index (χ2n) is 4.32. The van der Waals surface area contributed by atoms with Crippen molar-refractivity contribution in [2.45, 2.75) is 38.1 Å². The molecule has 0 aliphatic heterocycles. The maximum Gasteiger partial charge on any atom is 0.123 e. The highest BCUT2D eigenvalue weighted by Gasteiger charge is 2.24. The minimum Gasteiger partial charge on any atom is -0.314 e. The molecule has 1 fully saturated rings. The molecule has 0 amide bonds. The third kappa shape index (κ3) is 2.57. The Balaban J connectivity index is 1.98. The molecule has 1 aromatic rings. The average molecular weight is 207 g/mol. The molecule has 0 heterocycles. The van der Waals surface area contributed by atoms with E-state index in [0.717, 1.165) is 6.54 Å². The molecule has 82 valence electrons. The van der Waals surface area contributed by atoms with Crippen LogP contribution in [0.1, 0.15) is 37.7 Å². The van der Waals surface area contributed by atoms with E-state index >= 15 is 0 Å². The molecule has 1 aliphatic rings. The SMILES string of the molecule is CCNC1CCC(c2ccc(F)cc2)C1. The van der Waals surface area contributed by atoms with Gasteiger partial charge in [-0.2, -0.15) is 0 Å². The summed E-state index contributed by atoms with van der Waals surface area (Å²) in [4.78, 5) is 0. The van der Waals surface area contributed by atoms with Crippen LogP contribution in [-0.4, -0.2) is 12.6 Å². The van der Waals surface area contributed by atoms with Gasteiger partial charge in [0.05, 0.1) is 0 Å². The summed E-state index contributed by atoms with van der Waals surface area (Å²) < 4.78 is 12.8. The van der Waals surface area contributed by atoms with Crippen LogP contribution in [0.15, 0.2) is 24.3 Å². The van der Waals surface area contributed by atoms with Crippen molar-refractivity contribution in [2.75, 3.05) is 6.54 Å². The molecule has 2 rings (SSSR count). The minimum atomic E-state index is -0.139. The van der Waals surface area contributed by atoms with Gasteiger partial charge < -0.3 is 5.32 Å². The van der Waals surface area contributed by atoms with Crippen molar-refractivity contribution >= 4 is 0 Å². The number of hydrogen-bond donors (Lipinski definition) is 1. The van der Waals surface area contributed by atoms with E-state index < -0.39 is 0 Å². The number of benzene rings is 1. The highest BCUT2D eigenvalue weighted by Crippen LogP contribution is 2.34. The third-order valence-electron chi connectivity index (χ3n) is 3.27. The molecule has 2 unspecified atom stereocenters. The van der Waals surface area contributed by atoms with Crippen molar-refractivity contribution in [3.63, 3.8) is 0 Å². The largest absolute Gasteiger partial charge is 0.314 e.